The molecule has 0 aliphatic carbocycles. The molecule has 0 spiro atoms. The lowest BCUT2D eigenvalue weighted by atomic mass is 10.1. The molecular weight excluding hydrogens is 448 g/mol. The maximum absolute atomic E-state index is 4.71. The molecule has 0 bridgehead atoms. The quantitative estimate of drug-likeness (QED) is 0.408. The van der Waals surface area contributed by atoms with Crippen LogP contribution in [0.2, 0.25) is 0 Å². The van der Waals surface area contributed by atoms with Crippen molar-refractivity contribution in [3.63, 3.8) is 0 Å². The molecule has 1 aromatic carbocycles. The van der Waals surface area contributed by atoms with E-state index in [4.69, 9.17) is 4.98 Å². The molecule has 192 valence electrons. The van der Waals surface area contributed by atoms with E-state index in [0.717, 1.165) is 75.2 Å². The zero-order valence-corrected chi connectivity index (χ0v) is 22.1. The number of benzene rings is 1. The van der Waals surface area contributed by atoms with Gasteiger partial charge in [0.05, 0.1) is 12.4 Å². The van der Waals surface area contributed by atoms with Crippen molar-refractivity contribution in [2.75, 3.05) is 56.6 Å². The third-order valence-corrected chi connectivity index (χ3v) is 6.65. The van der Waals surface area contributed by atoms with Crippen LogP contribution in [-0.4, -0.2) is 81.6 Å². The number of anilines is 3. The van der Waals surface area contributed by atoms with E-state index in [-0.39, 0.29) is 0 Å². The van der Waals surface area contributed by atoms with Gasteiger partial charge in [-0.15, -0.1) is 0 Å². The molecule has 3 aromatic rings. The van der Waals surface area contributed by atoms with Crippen LogP contribution >= 0.6 is 0 Å². The first kappa shape index (κ1) is 26.0. The molecule has 2 aromatic heterocycles. The minimum atomic E-state index is 0.583. The van der Waals surface area contributed by atoms with Crippen LogP contribution in [0.4, 0.5) is 17.5 Å². The van der Waals surface area contributed by atoms with Gasteiger partial charge >= 0.3 is 0 Å². The highest BCUT2D eigenvalue weighted by Gasteiger charge is 2.19. The third kappa shape index (κ3) is 7.22. The molecule has 1 fully saturated rings. The summed E-state index contributed by atoms with van der Waals surface area (Å²) in [5, 5.41) is 6.60. The molecule has 0 atom stereocenters. The first-order valence-electron chi connectivity index (χ1n) is 13.1. The Labute approximate surface area is 215 Å². The van der Waals surface area contributed by atoms with Crippen LogP contribution in [0.15, 0.2) is 54.9 Å². The number of rotatable bonds is 11. The minimum Gasteiger partial charge on any atom is -0.370 e. The molecular formula is C28H40N8. The van der Waals surface area contributed by atoms with Gasteiger partial charge < -0.3 is 10.6 Å². The summed E-state index contributed by atoms with van der Waals surface area (Å²) in [5.41, 5.74) is 4.10. The first-order chi connectivity index (χ1) is 17.5. The van der Waals surface area contributed by atoms with Crippen molar-refractivity contribution in [1.29, 1.82) is 0 Å². The van der Waals surface area contributed by atoms with Gasteiger partial charge in [-0.1, -0.05) is 19.1 Å². The van der Waals surface area contributed by atoms with Crippen LogP contribution in [0.25, 0.3) is 11.3 Å². The van der Waals surface area contributed by atoms with E-state index in [1.807, 2.05) is 24.4 Å². The first-order valence-corrected chi connectivity index (χ1v) is 13.1. The molecule has 1 aliphatic heterocycles. The molecule has 1 aliphatic rings. The van der Waals surface area contributed by atoms with E-state index in [9.17, 15) is 0 Å². The molecule has 3 heterocycles. The minimum absolute atomic E-state index is 0.583. The van der Waals surface area contributed by atoms with Crippen LogP contribution in [0.5, 0.6) is 0 Å². The van der Waals surface area contributed by atoms with Crippen LogP contribution < -0.4 is 10.6 Å². The van der Waals surface area contributed by atoms with Crippen LogP contribution in [0, 0.1) is 0 Å². The molecule has 2 N–H and O–H groups in total. The Bertz CT molecular complexity index is 1080. The number of pyridine rings is 1. The highest BCUT2D eigenvalue weighted by molar-refractivity contribution is 5.62. The zero-order valence-electron chi connectivity index (χ0n) is 22.1. The van der Waals surface area contributed by atoms with E-state index in [1.165, 1.54) is 5.56 Å². The Morgan fingerprint density at radius 2 is 1.78 bits per heavy atom. The highest BCUT2D eigenvalue weighted by atomic mass is 15.4. The predicted molar refractivity (Wildman–Crippen MR) is 148 cm³/mol. The van der Waals surface area contributed by atoms with Gasteiger partial charge in [0.25, 0.3) is 0 Å². The van der Waals surface area contributed by atoms with Crippen LogP contribution in [-0.2, 0) is 6.54 Å². The fourth-order valence-electron chi connectivity index (χ4n) is 4.52. The van der Waals surface area contributed by atoms with E-state index in [0.29, 0.717) is 12.0 Å². The van der Waals surface area contributed by atoms with Gasteiger partial charge in [-0.3, -0.25) is 14.7 Å². The lowest BCUT2D eigenvalue weighted by Crippen LogP contribution is -2.50. The molecule has 36 heavy (non-hydrogen) atoms. The van der Waals surface area contributed by atoms with Gasteiger partial charge in [0, 0.05) is 69.0 Å². The van der Waals surface area contributed by atoms with Crippen LogP contribution in [0.1, 0.15) is 33.3 Å². The average molecular weight is 489 g/mol. The number of piperazine rings is 1. The Hall–Kier alpha value is -3.07. The van der Waals surface area contributed by atoms with Crippen molar-refractivity contribution in [3.05, 3.63) is 60.4 Å². The van der Waals surface area contributed by atoms with Gasteiger partial charge in [0.2, 0.25) is 5.95 Å². The van der Waals surface area contributed by atoms with Crippen molar-refractivity contribution >= 4 is 17.5 Å². The van der Waals surface area contributed by atoms with Gasteiger partial charge in [-0.2, -0.15) is 0 Å². The smallest absolute Gasteiger partial charge is 0.227 e. The van der Waals surface area contributed by atoms with E-state index < -0.39 is 0 Å². The zero-order chi connectivity index (χ0) is 25.3. The van der Waals surface area contributed by atoms with Crippen molar-refractivity contribution in [2.45, 2.75) is 40.3 Å². The summed E-state index contributed by atoms with van der Waals surface area (Å²) in [6.07, 6.45) is 3.62. The van der Waals surface area contributed by atoms with E-state index >= 15 is 0 Å². The number of nitrogens with zero attached hydrogens (tertiary/aromatic N) is 6. The molecule has 0 amide bonds. The second-order valence-electron chi connectivity index (χ2n) is 9.59. The van der Waals surface area contributed by atoms with Gasteiger partial charge in [-0.05, 0) is 63.2 Å². The monoisotopic (exact) mass is 488 g/mol. The normalized spacial score (nSPS) is 14.9. The lowest BCUT2D eigenvalue weighted by Gasteiger charge is -2.38. The van der Waals surface area contributed by atoms with Gasteiger partial charge in [-0.25, -0.2) is 15.0 Å². The summed E-state index contributed by atoms with van der Waals surface area (Å²) in [6, 6.07) is 15.1. The average Bonchev–Trinajstić information content (AvgIpc) is 2.89. The molecule has 1 saturated heterocycles. The van der Waals surface area contributed by atoms with Gasteiger partial charge in [0.1, 0.15) is 5.82 Å². The summed E-state index contributed by atoms with van der Waals surface area (Å²) in [7, 11) is 0. The third-order valence-electron chi connectivity index (χ3n) is 6.65. The fourth-order valence-corrected chi connectivity index (χ4v) is 4.52. The number of aromatic nitrogens is 3. The Morgan fingerprint density at radius 3 is 2.47 bits per heavy atom. The maximum Gasteiger partial charge on any atom is 0.227 e. The summed E-state index contributed by atoms with van der Waals surface area (Å²) >= 11 is 0. The molecule has 0 saturated carbocycles. The van der Waals surface area contributed by atoms with E-state index in [1.54, 1.807) is 6.20 Å². The largest absolute Gasteiger partial charge is 0.370 e. The summed E-state index contributed by atoms with van der Waals surface area (Å²) in [5.74, 6) is 1.45. The Balaban J connectivity index is 1.33. The number of hydrogen-bond acceptors (Lipinski definition) is 8. The van der Waals surface area contributed by atoms with Crippen molar-refractivity contribution in [2.24, 2.45) is 0 Å². The maximum atomic E-state index is 4.71. The SMILES string of the molecule is CCNc1ccc(-c2ccnc(Nc3cccc(CN4CCN(CN(CC)C(C)C)CC4)c3)n2)cn1. The van der Waals surface area contributed by atoms with Crippen molar-refractivity contribution in [3.8, 4) is 11.3 Å². The molecule has 0 radical (unpaired) electrons. The second-order valence-corrected chi connectivity index (χ2v) is 9.59. The molecule has 0 unspecified atom stereocenters. The van der Waals surface area contributed by atoms with E-state index in [2.05, 4.69) is 87.3 Å². The van der Waals surface area contributed by atoms with Crippen molar-refractivity contribution < 1.29 is 0 Å². The second kappa shape index (κ2) is 12.8. The summed E-state index contributed by atoms with van der Waals surface area (Å²) in [6.45, 7) is 17.3. The molecule has 4 rings (SSSR count). The fraction of sp³-hybridized carbons (Fsp3) is 0.464. The molecule has 8 nitrogen and oxygen atoms in total. The highest BCUT2D eigenvalue weighted by Crippen LogP contribution is 2.21. The van der Waals surface area contributed by atoms with Crippen LogP contribution in [0.3, 0.4) is 0 Å². The number of hydrogen-bond donors (Lipinski definition) is 2. The lowest BCUT2D eigenvalue weighted by molar-refractivity contribution is 0.0597. The van der Waals surface area contributed by atoms with Crippen molar-refractivity contribution in [1.82, 2.24) is 29.7 Å². The summed E-state index contributed by atoms with van der Waals surface area (Å²) in [4.78, 5) is 21.2. The molecule has 8 heteroatoms. The predicted octanol–water partition coefficient (Wildman–Crippen LogP) is 4.52. The topological polar surface area (TPSA) is 72.5 Å². The Morgan fingerprint density at radius 1 is 0.972 bits per heavy atom. The standard InChI is InChI=1S/C28H40N8/c1-5-29-27-11-10-24(19-31-27)26-12-13-30-28(33-26)32-25-9-7-8-23(18-25)20-34-14-16-35(17-15-34)21-36(6-2)22(3)4/h7-13,18-19,22H,5-6,14-17,20-21H2,1-4H3,(H,29,31)(H,30,32,33). The number of nitrogens with one attached hydrogen (secondary N) is 2. The Kier molecular flexibility index (Phi) is 9.22. The van der Waals surface area contributed by atoms with Gasteiger partial charge in [0.15, 0.2) is 0 Å². The summed E-state index contributed by atoms with van der Waals surface area (Å²) < 4.78 is 0.